The van der Waals surface area contributed by atoms with Gasteiger partial charge in [-0.3, -0.25) is 9.69 Å². The summed E-state index contributed by atoms with van der Waals surface area (Å²) >= 11 is 5.87. The van der Waals surface area contributed by atoms with Gasteiger partial charge in [-0.05, 0) is 0 Å². The van der Waals surface area contributed by atoms with E-state index in [1.807, 2.05) is 0 Å². The number of carbonyl (C=O) groups excluding carboxylic acids is 2. The lowest BCUT2D eigenvalue weighted by Crippen LogP contribution is -2.26. The predicted octanol–water partition coefficient (Wildman–Crippen LogP) is 0.607. The molecule has 2 heterocycles. The molecule has 1 aromatic rings. The fourth-order valence-electron chi connectivity index (χ4n) is 1.56. The number of alkyl halides is 1. The third-order valence-electron chi connectivity index (χ3n) is 2.39. The molecule has 1 saturated heterocycles. The third kappa shape index (κ3) is 2.36. The summed E-state index contributed by atoms with van der Waals surface area (Å²) in [6.45, 7) is 0.409. The van der Waals surface area contributed by atoms with E-state index in [0.29, 0.717) is 18.8 Å². The Bertz CT molecular complexity index is 449. The number of esters is 1. The third-order valence-corrected chi connectivity index (χ3v) is 2.68. The molecule has 90 valence electrons. The van der Waals surface area contributed by atoms with E-state index < -0.39 is 5.97 Å². The van der Waals surface area contributed by atoms with Crippen molar-refractivity contribution in [1.82, 2.24) is 9.97 Å². The van der Waals surface area contributed by atoms with Gasteiger partial charge < -0.3 is 4.74 Å². The lowest BCUT2D eigenvalue weighted by Gasteiger charge is -2.13. The van der Waals surface area contributed by atoms with Gasteiger partial charge in [0.05, 0.1) is 24.9 Å². The van der Waals surface area contributed by atoms with Crippen LogP contribution in [0.5, 0.6) is 0 Å². The molecule has 0 aliphatic carbocycles. The van der Waals surface area contributed by atoms with E-state index in [0.717, 1.165) is 0 Å². The van der Waals surface area contributed by atoms with Crippen LogP contribution < -0.4 is 4.90 Å². The van der Waals surface area contributed by atoms with Crippen molar-refractivity contribution >= 4 is 29.3 Å². The maximum Gasteiger partial charge on any atom is 0.358 e. The summed E-state index contributed by atoms with van der Waals surface area (Å²) in [5.41, 5.74) is 0.102. The van der Waals surface area contributed by atoms with E-state index in [2.05, 4.69) is 14.7 Å². The molecular weight excluding hydrogens is 246 g/mol. The molecule has 0 saturated carbocycles. The Morgan fingerprint density at radius 1 is 1.53 bits per heavy atom. The van der Waals surface area contributed by atoms with Crippen LogP contribution in [0.1, 0.15) is 16.9 Å². The van der Waals surface area contributed by atoms with Gasteiger partial charge in [0.1, 0.15) is 0 Å². The molecule has 1 amide bonds. The van der Waals surface area contributed by atoms with Crippen molar-refractivity contribution in [3.63, 3.8) is 0 Å². The second kappa shape index (κ2) is 4.67. The minimum absolute atomic E-state index is 0.0925. The second-order valence-corrected chi connectivity index (χ2v) is 4.17. The Morgan fingerprint density at radius 3 is 2.76 bits per heavy atom. The summed E-state index contributed by atoms with van der Waals surface area (Å²) in [4.78, 5) is 32.0. The zero-order chi connectivity index (χ0) is 12.4. The fourth-order valence-corrected chi connectivity index (χ4v) is 1.83. The Labute approximate surface area is 103 Å². The molecule has 1 aromatic heterocycles. The Balaban J connectivity index is 2.18. The van der Waals surface area contributed by atoms with Crippen molar-refractivity contribution in [2.24, 2.45) is 0 Å². The Hall–Kier alpha value is -1.69. The van der Waals surface area contributed by atoms with Crippen LogP contribution in [-0.2, 0) is 9.53 Å². The van der Waals surface area contributed by atoms with Gasteiger partial charge in [0.15, 0.2) is 11.5 Å². The lowest BCUT2D eigenvalue weighted by molar-refractivity contribution is -0.117. The van der Waals surface area contributed by atoms with Crippen molar-refractivity contribution in [2.45, 2.75) is 11.8 Å². The molecule has 0 N–H and O–H groups in total. The van der Waals surface area contributed by atoms with Gasteiger partial charge in [0.2, 0.25) is 5.91 Å². The van der Waals surface area contributed by atoms with Gasteiger partial charge in [-0.15, -0.1) is 11.6 Å². The molecule has 1 atom stereocenters. The first kappa shape index (κ1) is 11.8. The average molecular weight is 256 g/mol. The fraction of sp³-hybridized carbons (Fsp3) is 0.400. The Morgan fingerprint density at radius 2 is 2.29 bits per heavy atom. The van der Waals surface area contributed by atoms with Gasteiger partial charge in [-0.2, -0.15) is 0 Å². The van der Waals surface area contributed by atoms with E-state index in [1.54, 1.807) is 0 Å². The predicted molar refractivity (Wildman–Crippen MR) is 60.0 cm³/mol. The number of carbonyl (C=O) groups is 2. The second-order valence-electron chi connectivity index (χ2n) is 3.56. The summed E-state index contributed by atoms with van der Waals surface area (Å²) in [6, 6.07) is 0. The number of amides is 1. The summed E-state index contributed by atoms with van der Waals surface area (Å²) in [7, 11) is 1.26. The topological polar surface area (TPSA) is 72.4 Å². The van der Waals surface area contributed by atoms with Crippen molar-refractivity contribution in [2.75, 3.05) is 18.6 Å². The monoisotopic (exact) mass is 255 g/mol. The summed E-state index contributed by atoms with van der Waals surface area (Å²) in [5.74, 6) is -0.261. The van der Waals surface area contributed by atoms with Gasteiger partial charge in [0.25, 0.3) is 0 Å². The van der Waals surface area contributed by atoms with Crippen LogP contribution in [0.4, 0.5) is 5.82 Å². The summed E-state index contributed by atoms with van der Waals surface area (Å²) in [5, 5.41) is -0.204. The highest BCUT2D eigenvalue weighted by Gasteiger charge is 2.30. The lowest BCUT2D eigenvalue weighted by atomic mass is 10.4. The first-order valence-electron chi connectivity index (χ1n) is 4.96. The molecule has 0 spiro atoms. The van der Waals surface area contributed by atoms with Gasteiger partial charge in [-0.1, -0.05) is 0 Å². The molecule has 0 radical (unpaired) electrons. The average Bonchev–Trinajstić information content (AvgIpc) is 2.68. The van der Waals surface area contributed by atoms with Gasteiger partial charge in [-0.25, -0.2) is 14.8 Å². The largest absolute Gasteiger partial charge is 0.464 e. The maximum atomic E-state index is 11.5. The first-order chi connectivity index (χ1) is 8.11. The molecule has 1 aliphatic heterocycles. The first-order valence-corrected chi connectivity index (χ1v) is 5.40. The highest BCUT2D eigenvalue weighted by molar-refractivity contribution is 6.24. The molecule has 2 rings (SSSR count). The SMILES string of the molecule is COC(=O)c1cnc(N2CC(Cl)CC2=O)cn1. The van der Waals surface area contributed by atoms with E-state index >= 15 is 0 Å². The van der Waals surface area contributed by atoms with Gasteiger partial charge in [0, 0.05) is 13.0 Å². The molecule has 6 nitrogen and oxygen atoms in total. The molecule has 0 aromatic carbocycles. The zero-order valence-electron chi connectivity index (χ0n) is 9.09. The number of methoxy groups -OCH3 is 1. The number of aromatic nitrogens is 2. The number of anilines is 1. The maximum absolute atomic E-state index is 11.5. The van der Waals surface area contributed by atoms with Crippen LogP contribution in [0.15, 0.2) is 12.4 Å². The van der Waals surface area contributed by atoms with Crippen molar-refractivity contribution in [3.8, 4) is 0 Å². The highest BCUT2D eigenvalue weighted by Crippen LogP contribution is 2.21. The number of rotatable bonds is 2. The number of ether oxygens (including phenoxy) is 1. The highest BCUT2D eigenvalue weighted by atomic mass is 35.5. The molecule has 1 aliphatic rings. The smallest absolute Gasteiger partial charge is 0.358 e. The van der Waals surface area contributed by atoms with Crippen molar-refractivity contribution < 1.29 is 14.3 Å². The zero-order valence-corrected chi connectivity index (χ0v) is 9.85. The van der Waals surface area contributed by atoms with E-state index in [4.69, 9.17) is 11.6 Å². The van der Waals surface area contributed by atoms with E-state index in [9.17, 15) is 9.59 Å². The van der Waals surface area contributed by atoms with Gasteiger partial charge >= 0.3 is 5.97 Å². The Kier molecular flexibility index (Phi) is 3.23. The van der Waals surface area contributed by atoms with Crippen LogP contribution in [0.25, 0.3) is 0 Å². The molecule has 0 bridgehead atoms. The van der Waals surface area contributed by atoms with Crippen molar-refractivity contribution in [3.05, 3.63) is 18.1 Å². The summed E-state index contributed by atoms with van der Waals surface area (Å²) < 4.78 is 4.50. The molecular formula is C10H10ClN3O3. The van der Waals surface area contributed by atoms with E-state index in [-0.39, 0.29) is 17.0 Å². The molecule has 1 fully saturated rings. The van der Waals surface area contributed by atoms with Crippen LogP contribution >= 0.6 is 11.6 Å². The number of halogens is 1. The standard InChI is InChI=1S/C10H10ClN3O3/c1-17-10(16)7-3-13-8(4-12-7)14-5-6(11)2-9(14)15/h3-4,6H,2,5H2,1H3. The van der Waals surface area contributed by atoms with Crippen LogP contribution in [0.2, 0.25) is 0 Å². The van der Waals surface area contributed by atoms with Crippen LogP contribution in [-0.4, -0.2) is 40.9 Å². The number of hydrogen-bond acceptors (Lipinski definition) is 5. The number of nitrogens with zero attached hydrogens (tertiary/aromatic N) is 3. The quantitative estimate of drug-likeness (QED) is 0.572. The molecule has 1 unspecified atom stereocenters. The number of hydrogen-bond donors (Lipinski definition) is 0. The minimum atomic E-state index is -0.563. The van der Waals surface area contributed by atoms with Crippen molar-refractivity contribution in [1.29, 1.82) is 0 Å². The molecule has 17 heavy (non-hydrogen) atoms. The summed E-state index contributed by atoms with van der Waals surface area (Å²) in [6.07, 6.45) is 2.93. The normalized spacial score (nSPS) is 19.5. The van der Waals surface area contributed by atoms with E-state index in [1.165, 1.54) is 24.4 Å². The van der Waals surface area contributed by atoms with Crippen LogP contribution in [0.3, 0.4) is 0 Å². The minimum Gasteiger partial charge on any atom is -0.464 e. The molecule has 7 heteroatoms. The van der Waals surface area contributed by atoms with Crippen LogP contribution in [0, 0.1) is 0 Å².